The van der Waals surface area contributed by atoms with Crippen molar-refractivity contribution in [2.75, 3.05) is 0 Å². The minimum absolute atomic E-state index is 0.121. The summed E-state index contributed by atoms with van der Waals surface area (Å²) in [6.07, 6.45) is -4.88. The second-order valence-electron chi connectivity index (χ2n) is 4.51. The highest BCUT2D eigenvalue weighted by molar-refractivity contribution is 6.30. The van der Waals surface area contributed by atoms with E-state index >= 15 is 0 Å². The number of carbonyl (C=O) groups excluding carboxylic acids is 1. The number of rotatable bonds is 3. The van der Waals surface area contributed by atoms with Crippen LogP contribution in [0.5, 0.6) is 5.75 Å². The van der Waals surface area contributed by atoms with Gasteiger partial charge in [0.1, 0.15) is 5.75 Å². The van der Waals surface area contributed by atoms with Crippen molar-refractivity contribution >= 4 is 17.5 Å². The molecule has 0 atom stereocenters. The number of halogens is 4. The van der Waals surface area contributed by atoms with Gasteiger partial charge >= 0.3 is 6.30 Å². The van der Waals surface area contributed by atoms with E-state index < -0.39 is 30.1 Å². The SMILES string of the molecule is O=C(c1ccc(Cl)cc1O)N(Cc1ccccc1)C(F)(F)F. The van der Waals surface area contributed by atoms with E-state index in [2.05, 4.69) is 0 Å². The van der Waals surface area contributed by atoms with Crippen LogP contribution in [0.1, 0.15) is 15.9 Å². The van der Waals surface area contributed by atoms with Crippen LogP contribution in [-0.4, -0.2) is 22.2 Å². The molecule has 0 aliphatic carbocycles. The Morgan fingerprint density at radius 2 is 1.77 bits per heavy atom. The molecule has 0 spiro atoms. The van der Waals surface area contributed by atoms with Gasteiger partial charge in [-0.05, 0) is 23.8 Å². The number of carbonyl (C=O) groups is 1. The van der Waals surface area contributed by atoms with Gasteiger partial charge in [0.05, 0.1) is 12.1 Å². The van der Waals surface area contributed by atoms with Crippen molar-refractivity contribution in [1.82, 2.24) is 4.90 Å². The lowest BCUT2D eigenvalue weighted by atomic mass is 10.1. The Labute approximate surface area is 129 Å². The number of aromatic hydroxyl groups is 1. The molecule has 22 heavy (non-hydrogen) atoms. The van der Waals surface area contributed by atoms with Crippen LogP contribution >= 0.6 is 11.6 Å². The van der Waals surface area contributed by atoms with Crippen molar-refractivity contribution < 1.29 is 23.1 Å². The average Bonchev–Trinajstić information content (AvgIpc) is 2.44. The number of amides is 1. The van der Waals surface area contributed by atoms with E-state index in [4.69, 9.17) is 11.6 Å². The molecule has 0 saturated heterocycles. The van der Waals surface area contributed by atoms with Gasteiger partial charge in [0.15, 0.2) is 0 Å². The van der Waals surface area contributed by atoms with E-state index in [0.29, 0.717) is 5.56 Å². The molecule has 0 fully saturated rings. The van der Waals surface area contributed by atoms with Crippen LogP contribution in [0, 0.1) is 0 Å². The molecule has 0 aliphatic heterocycles. The molecule has 0 aliphatic rings. The third-order valence-corrected chi connectivity index (χ3v) is 3.16. The maximum absolute atomic E-state index is 13.2. The molecule has 0 aromatic heterocycles. The second-order valence-corrected chi connectivity index (χ2v) is 4.94. The van der Waals surface area contributed by atoms with E-state index in [1.54, 1.807) is 18.2 Å². The van der Waals surface area contributed by atoms with Crippen molar-refractivity contribution in [1.29, 1.82) is 0 Å². The molecular weight excluding hydrogens is 319 g/mol. The Balaban J connectivity index is 2.35. The Morgan fingerprint density at radius 1 is 1.14 bits per heavy atom. The van der Waals surface area contributed by atoms with E-state index in [1.165, 1.54) is 18.2 Å². The Morgan fingerprint density at radius 3 is 2.32 bits per heavy atom. The monoisotopic (exact) mass is 329 g/mol. The normalized spacial score (nSPS) is 11.3. The van der Waals surface area contributed by atoms with Gasteiger partial charge in [-0.15, -0.1) is 13.2 Å². The van der Waals surface area contributed by atoms with Gasteiger partial charge in [-0.2, -0.15) is 0 Å². The summed E-state index contributed by atoms with van der Waals surface area (Å²) in [4.78, 5) is 11.9. The second kappa shape index (κ2) is 6.27. The first-order chi connectivity index (χ1) is 10.3. The van der Waals surface area contributed by atoms with Gasteiger partial charge in [0.2, 0.25) is 0 Å². The van der Waals surface area contributed by atoms with Crippen molar-refractivity contribution in [3.63, 3.8) is 0 Å². The maximum Gasteiger partial charge on any atom is 0.487 e. The van der Waals surface area contributed by atoms with E-state index in [-0.39, 0.29) is 9.92 Å². The minimum Gasteiger partial charge on any atom is -0.507 e. The maximum atomic E-state index is 13.2. The minimum atomic E-state index is -4.88. The molecule has 0 unspecified atom stereocenters. The fourth-order valence-corrected chi connectivity index (χ4v) is 2.04. The molecule has 2 rings (SSSR count). The lowest BCUT2D eigenvalue weighted by molar-refractivity contribution is -0.227. The molecule has 2 aromatic rings. The molecule has 116 valence electrons. The summed E-state index contributed by atoms with van der Waals surface area (Å²) in [5, 5.41) is 9.76. The zero-order chi connectivity index (χ0) is 16.3. The topological polar surface area (TPSA) is 40.5 Å². The Kier molecular flexibility index (Phi) is 4.61. The summed E-state index contributed by atoms with van der Waals surface area (Å²) in [5.41, 5.74) is -0.140. The van der Waals surface area contributed by atoms with Crippen LogP contribution in [0.2, 0.25) is 5.02 Å². The van der Waals surface area contributed by atoms with Crippen LogP contribution in [0.3, 0.4) is 0 Å². The predicted molar refractivity (Wildman–Crippen MR) is 75.5 cm³/mol. The molecule has 0 bridgehead atoms. The molecule has 0 radical (unpaired) electrons. The fraction of sp³-hybridized carbons (Fsp3) is 0.133. The number of alkyl halides is 3. The van der Waals surface area contributed by atoms with E-state index in [1.807, 2.05) is 0 Å². The van der Waals surface area contributed by atoms with Crippen molar-refractivity contribution in [2.24, 2.45) is 0 Å². The van der Waals surface area contributed by atoms with Crippen LogP contribution in [0.15, 0.2) is 48.5 Å². The Bertz CT molecular complexity index is 674. The Hall–Kier alpha value is -2.21. The first-order valence-corrected chi connectivity index (χ1v) is 6.58. The van der Waals surface area contributed by atoms with Crippen molar-refractivity contribution in [3.05, 3.63) is 64.7 Å². The molecule has 0 saturated carbocycles. The highest BCUT2D eigenvalue weighted by Crippen LogP contribution is 2.29. The smallest absolute Gasteiger partial charge is 0.487 e. The third kappa shape index (κ3) is 3.71. The number of hydrogen-bond donors (Lipinski definition) is 1. The largest absolute Gasteiger partial charge is 0.507 e. The van der Waals surface area contributed by atoms with Gasteiger partial charge < -0.3 is 5.11 Å². The highest BCUT2D eigenvalue weighted by atomic mass is 35.5. The number of nitrogens with zero attached hydrogens (tertiary/aromatic N) is 1. The summed E-state index contributed by atoms with van der Waals surface area (Å²) < 4.78 is 39.5. The zero-order valence-corrected chi connectivity index (χ0v) is 11.9. The van der Waals surface area contributed by atoms with Gasteiger partial charge in [-0.1, -0.05) is 41.9 Å². The number of phenolic OH excluding ortho intramolecular Hbond substituents is 1. The first kappa shape index (κ1) is 16.2. The summed E-state index contributed by atoms with van der Waals surface area (Å²) in [6, 6.07) is 11.1. The van der Waals surface area contributed by atoms with Crippen molar-refractivity contribution in [2.45, 2.75) is 12.8 Å². The molecule has 7 heteroatoms. The first-order valence-electron chi connectivity index (χ1n) is 6.20. The van der Waals surface area contributed by atoms with Gasteiger partial charge in [-0.3, -0.25) is 4.79 Å². The van der Waals surface area contributed by atoms with Crippen molar-refractivity contribution in [3.8, 4) is 5.75 Å². The van der Waals surface area contributed by atoms with Gasteiger partial charge in [-0.25, -0.2) is 4.90 Å². The zero-order valence-electron chi connectivity index (χ0n) is 11.1. The van der Waals surface area contributed by atoms with Crippen LogP contribution in [0.25, 0.3) is 0 Å². The third-order valence-electron chi connectivity index (χ3n) is 2.92. The summed E-state index contributed by atoms with van der Waals surface area (Å²) >= 11 is 5.61. The van der Waals surface area contributed by atoms with E-state index in [0.717, 1.165) is 12.1 Å². The van der Waals surface area contributed by atoms with Crippen LogP contribution in [0.4, 0.5) is 13.2 Å². The highest BCUT2D eigenvalue weighted by Gasteiger charge is 2.41. The molecule has 2 aromatic carbocycles. The number of phenols is 1. The molecule has 0 heterocycles. The standard InChI is InChI=1S/C15H11ClF3NO2/c16-11-6-7-12(13(21)8-11)14(22)20(15(17,18)19)9-10-4-2-1-3-5-10/h1-8,21H,9H2. The van der Waals surface area contributed by atoms with Crippen LogP contribution < -0.4 is 0 Å². The fourth-order valence-electron chi connectivity index (χ4n) is 1.87. The molecule has 1 N–H and O–H groups in total. The average molecular weight is 330 g/mol. The number of benzene rings is 2. The van der Waals surface area contributed by atoms with Gasteiger partial charge in [0.25, 0.3) is 5.91 Å². The summed E-state index contributed by atoms with van der Waals surface area (Å²) in [7, 11) is 0. The molecule has 3 nitrogen and oxygen atoms in total. The summed E-state index contributed by atoms with van der Waals surface area (Å²) in [6.45, 7) is -0.648. The lowest BCUT2D eigenvalue weighted by Crippen LogP contribution is -2.42. The molecular formula is C15H11ClF3NO2. The van der Waals surface area contributed by atoms with Gasteiger partial charge in [0, 0.05) is 5.02 Å². The van der Waals surface area contributed by atoms with Crippen LogP contribution in [-0.2, 0) is 6.54 Å². The predicted octanol–water partition coefficient (Wildman–Crippen LogP) is 4.21. The lowest BCUT2D eigenvalue weighted by Gasteiger charge is -2.25. The quantitative estimate of drug-likeness (QED) is 0.857. The number of hydrogen-bond acceptors (Lipinski definition) is 2. The summed E-state index contributed by atoms with van der Waals surface area (Å²) in [5.74, 6) is -1.94. The molecule has 1 amide bonds. The van der Waals surface area contributed by atoms with E-state index in [9.17, 15) is 23.1 Å².